The van der Waals surface area contributed by atoms with Gasteiger partial charge in [0.05, 0.1) is 7.11 Å². The molecule has 1 aromatic carbocycles. The van der Waals surface area contributed by atoms with E-state index in [-0.39, 0.29) is 5.97 Å². The standard InChI is InChI=1S/C17H28N2O2/c1-6-7-14-8-10-15(11-9-14)17(2,16(20)21-5)18-12-13-19(3)4/h8-11,18H,6-7,12-13H2,1-5H3. The first-order valence-corrected chi connectivity index (χ1v) is 7.51. The lowest BCUT2D eigenvalue weighted by atomic mass is 9.90. The van der Waals surface area contributed by atoms with Crippen LogP contribution in [-0.4, -0.2) is 45.2 Å². The van der Waals surface area contributed by atoms with Crippen molar-refractivity contribution in [3.63, 3.8) is 0 Å². The molecule has 0 radical (unpaired) electrons. The van der Waals surface area contributed by atoms with E-state index in [1.165, 1.54) is 12.7 Å². The number of nitrogens with one attached hydrogen (secondary N) is 1. The summed E-state index contributed by atoms with van der Waals surface area (Å²) in [6, 6.07) is 8.22. The highest BCUT2D eigenvalue weighted by atomic mass is 16.5. The molecule has 0 spiro atoms. The lowest BCUT2D eigenvalue weighted by Crippen LogP contribution is -2.49. The molecule has 1 rings (SSSR count). The summed E-state index contributed by atoms with van der Waals surface area (Å²) < 4.78 is 4.99. The summed E-state index contributed by atoms with van der Waals surface area (Å²) in [6.45, 7) is 5.62. The normalized spacial score (nSPS) is 14.0. The molecule has 1 atom stereocenters. The van der Waals surface area contributed by atoms with Crippen LogP contribution in [-0.2, 0) is 21.5 Å². The van der Waals surface area contributed by atoms with Crippen molar-refractivity contribution in [2.24, 2.45) is 0 Å². The quantitative estimate of drug-likeness (QED) is 0.746. The van der Waals surface area contributed by atoms with Crippen molar-refractivity contribution >= 4 is 5.97 Å². The first-order chi connectivity index (χ1) is 9.93. The molecule has 1 N–H and O–H groups in total. The molecular weight excluding hydrogens is 264 g/mol. The number of likely N-dealkylation sites (N-methyl/N-ethyl adjacent to an activating group) is 1. The molecule has 0 heterocycles. The van der Waals surface area contributed by atoms with Gasteiger partial charge in [0, 0.05) is 13.1 Å². The van der Waals surface area contributed by atoms with Gasteiger partial charge in [-0.3, -0.25) is 5.32 Å². The summed E-state index contributed by atoms with van der Waals surface area (Å²) in [5.41, 5.74) is 1.42. The number of aryl methyl sites for hydroxylation is 1. The van der Waals surface area contributed by atoms with E-state index in [0.717, 1.165) is 31.5 Å². The van der Waals surface area contributed by atoms with E-state index >= 15 is 0 Å². The first kappa shape index (κ1) is 17.7. The Balaban J connectivity index is 2.92. The number of ether oxygens (including phenoxy) is 1. The number of methoxy groups -OCH3 is 1. The molecule has 0 aromatic heterocycles. The van der Waals surface area contributed by atoms with Crippen LogP contribution in [0, 0.1) is 0 Å². The van der Waals surface area contributed by atoms with E-state index in [9.17, 15) is 4.79 Å². The molecule has 4 nitrogen and oxygen atoms in total. The minimum absolute atomic E-state index is 0.260. The summed E-state index contributed by atoms with van der Waals surface area (Å²) in [5, 5.41) is 3.33. The molecule has 1 aromatic rings. The summed E-state index contributed by atoms with van der Waals surface area (Å²) in [5.74, 6) is -0.260. The van der Waals surface area contributed by atoms with Gasteiger partial charge < -0.3 is 9.64 Å². The Hall–Kier alpha value is -1.39. The summed E-state index contributed by atoms with van der Waals surface area (Å²) in [4.78, 5) is 14.3. The molecule has 0 saturated carbocycles. The SMILES string of the molecule is CCCc1ccc(C(C)(NCCN(C)C)C(=O)OC)cc1. The fourth-order valence-corrected chi connectivity index (χ4v) is 2.32. The summed E-state index contributed by atoms with van der Waals surface area (Å²) in [6.07, 6.45) is 2.18. The maximum Gasteiger partial charge on any atom is 0.330 e. The largest absolute Gasteiger partial charge is 0.467 e. The van der Waals surface area contributed by atoms with Gasteiger partial charge in [-0.25, -0.2) is 4.79 Å². The second-order valence-electron chi connectivity index (χ2n) is 5.79. The Morgan fingerprint density at radius 1 is 1.29 bits per heavy atom. The zero-order chi connectivity index (χ0) is 15.9. The first-order valence-electron chi connectivity index (χ1n) is 7.51. The van der Waals surface area contributed by atoms with Crippen LogP contribution in [0.4, 0.5) is 0 Å². The van der Waals surface area contributed by atoms with Gasteiger partial charge in [-0.2, -0.15) is 0 Å². The van der Waals surface area contributed by atoms with E-state index in [4.69, 9.17) is 4.74 Å². The van der Waals surface area contributed by atoms with Crippen molar-refractivity contribution in [3.05, 3.63) is 35.4 Å². The summed E-state index contributed by atoms with van der Waals surface area (Å²) >= 11 is 0. The van der Waals surface area contributed by atoms with Crippen molar-refractivity contribution in [1.82, 2.24) is 10.2 Å². The Kier molecular flexibility index (Phi) is 6.85. The Labute approximate surface area is 128 Å². The Morgan fingerprint density at radius 2 is 1.90 bits per heavy atom. The second-order valence-corrected chi connectivity index (χ2v) is 5.79. The van der Waals surface area contributed by atoms with Gasteiger partial charge >= 0.3 is 5.97 Å². The van der Waals surface area contributed by atoms with Crippen LogP contribution in [0.15, 0.2) is 24.3 Å². The van der Waals surface area contributed by atoms with Crippen LogP contribution in [0.2, 0.25) is 0 Å². The molecule has 4 heteroatoms. The number of rotatable bonds is 8. The number of hydrogen-bond donors (Lipinski definition) is 1. The average molecular weight is 292 g/mol. The number of carbonyl (C=O) groups excluding carboxylic acids is 1. The molecule has 21 heavy (non-hydrogen) atoms. The Morgan fingerprint density at radius 3 is 2.38 bits per heavy atom. The summed E-state index contributed by atoms with van der Waals surface area (Å²) in [7, 11) is 5.45. The van der Waals surface area contributed by atoms with Crippen molar-refractivity contribution in [3.8, 4) is 0 Å². The van der Waals surface area contributed by atoms with Crippen molar-refractivity contribution < 1.29 is 9.53 Å². The van der Waals surface area contributed by atoms with Crippen molar-refractivity contribution in [2.45, 2.75) is 32.2 Å². The zero-order valence-electron chi connectivity index (χ0n) is 13.9. The van der Waals surface area contributed by atoms with Crippen LogP contribution in [0.5, 0.6) is 0 Å². The number of hydrogen-bond acceptors (Lipinski definition) is 4. The van der Waals surface area contributed by atoms with Crippen LogP contribution >= 0.6 is 0 Å². The van der Waals surface area contributed by atoms with Crippen LogP contribution in [0.25, 0.3) is 0 Å². The number of benzene rings is 1. The minimum Gasteiger partial charge on any atom is -0.467 e. The van der Waals surface area contributed by atoms with Gasteiger partial charge in [0.15, 0.2) is 0 Å². The van der Waals surface area contributed by atoms with Gasteiger partial charge in [0.25, 0.3) is 0 Å². The molecule has 0 amide bonds. The second kappa shape index (κ2) is 8.15. The molecule has 0 saturated heterocycles. The molecular formula is C17H28N2O2. The van der Waals surface area contributed by atoms with Crippen LogP contribution in [0.1, 0.15) is 31.4 Å². The maximum absolute atomic E-state index is 12.2. The maximum atomic E-state index is 12.2. The van der Waals surface area contributed by atoms with E-state index in [0.29, 0.717) is 0 Å². The van der Waals surface area contributed by atoms with Crippen LogP contribution in [0.3, 0.4) is 0 Å². The number of carbonyl (C=O) groups is 1. The number of esters is 1. The average Bonchev–Trinajstić information content (AvgIpc) is 2.46. The third-order valence-corrected chi connectivity index (χ3v) is 3.70. The van der Waals surface area contributed by atoms with Gasteiger partial charge in [0.2, 0.25) is 0 Å². The van der Waals surface area contributed by atoms with Gasteiger partial charge in [-0.05, 0) is 38.6 Å². The van der Waals surface area contributed by atoms with Gasteiger partial charge in [0.1, 0.15) is 5.54 Å². The third kappa shape index (κ3) is 4.83. The molecule has 0 bridgehead atoms. The van der Waals surface area contributed by atoms with Gasteiger partial charge in [-0.15, -0.1) is 0 Å². The minimum atomic E-state index is -0.810. The zero-order valence-corrected chi connectivity index (χ0v) is 13.9. The van der Waals surface area contributed by atoms with Crippen molar-refractivity contribution in [2.75, 3.05) is 34.3 Å². The number of nitrogens with zero attached hydrogens (tertiary/aromatic N) is 1. The van der Waals surface area contributed by atoms with Crippen molar-refractivity contribution in [1.29, 1.82) is 0 Å². The smallest absolute Gasteiger partial charge is 0.330 e. The van der Waals surface area contributed by atoms with Crippen LogP contribution < -0.4 is 5.32 Å². The highest BCUT2D eigenvalue weighted by molar-refractivity contribution is 5.82. The molecule has 0 fully saturated rings. The Bertz CT molecular complexity index is 443. The molecule has 1 unspecified atom stereocenters. The third-order valence-electron chi connectivity index (χ3n) is 3.70. The van der Waals surface area contributed by atoms with E-state index in [1.54, 1.807) is 0 Å². The topological polar surface area (TPSA) is 41.6 Å². The monoisotopic (exact) mass is 292 g/mol. The molecule has 0 aliphatic heterocycles. The lowest BCUT2D eigenvalue weighted by molar-refractivity contribution is -0.148. The predicted octanol–water partition coefficient (Wildman–Crippen LogP) is 2.18. The highest BCUT2D eigenvalue weighted by Crippen LogP contribution is 2.23. The lowest BCUT2D eigenvalue weighted by Gasteiger charge is -2.29. The van der Waals surface area contributed by atoms with E-state index < -0.39 is 5.54 Å². The fraction of sp³-hybridized carbons (Fsp3) is 0.588. The van der Waals surface area contributed by atoms with E-state index in [2.05, 4.69) is 29.3 Å². The molecule has 0 aliphatic carbocycles. The fourth-order valence-electron chi connectivity index (χ4n) is 2.32. The molecule has 118 valence electrons. The predicted molar refractivity (Wildman–Crippen MR) is 86.4 cm³/mol. The van der Waals surface area contributed by atoms with Gasteiger partial charge in [-0.1, -0.05) is 37.6 Å². The van der Waals surface area contributed by atoms with E-state index in [1.807, 2.05) is 33.2 Å². The highest BCUT2D eigenvalue weighted by Gasteiger charge is 2.35. The molecule has 0 aliphatic rings.